The first-order valence-electron chi connectivity index (χ1n) is 6.04. The largest absolute Gasteiger partial charge is 0.507 e. The van der Waals surface area contributed by atoms with Gasteiger partial charge in [0.1, 0.15) is 5.75 Å². The summed E-state index contributed by atoms with van der Waals surface area (Å²) < 4.78 is 0.763. The monoisotopic (exact) mass is 360 g/mol. The molecular weight excluding hydrogens is 343 g/mol. The summed E-state index contributed by atoms with van der Waals surface area (Å²) in [7, 11) is 1.93. The van der Waals surface area contributed by atoms with Gasteiger partial charge in [-0.05, 0) is 66.7 Å². The molecule has 0 radical (unpaired) electrons. The van der Waals surface area contributed by atoms with Crippen molar-refractivity contribution >= 4 is 28.5 Å². The first-order chi connectivity index (χ1) is 8.61. The molecule has 1 saturated heterocycles. The number of nitrogens with zero attached hydrogens (tertiary/aromatic N) is 1. The number of phenols is 1. The lowest BCUT2D eigenvalue weighted by Gasteiger charge is -2.17. The normalized spacial score (nSPS) is 19.2. The number of carbonyl (C=O) groups excluding carboxylic acids is 1. The van der Waals surface area contributed by atoms with Crippen LogP contribution >= 0.6 is 22.6 Å². The number of likely N-dealkylation sites (tertiary alicyclic amines) is 1. The van der Waals surface area contributed by atoms with Crippen LogP contribution in [0.5, 0.6) is 5.75 Å². The molecule has 0 spiro atoms. The molecule has 2 rings (SSSR count). The molecule has 1 amide bonds. The van der Waals surface area contributed by atoms with Crippen LogP contribution in [0.2, 0.25) is 0 Å². The number of rotatable bonds is 3. The van der Waals surface area contributed by atoms with Crippen LogP contribution in [0.25, 0.3) is 0 Å². The molecule has 0 aromatic heterocycles. The first kappa shape index (κ1) is 13.6. The van der Waals surface area contributed by atoms with E-state index in [9.17, 15) is 9.90 Å². The Bertz CT molecular complexity index is 451. The molecule has 0 bridgehead atoms. The van der Waals surface area contributed by atoms with Gasteiger partial charge in [0, 0.05) is 18.7 Å². The predicted molar refractivity (Wildman–Crippen MR) is 78.8 cm³/mol. The van der Waals surface area contributed by atoms with Crippen LogP contribution in [0.1, 0.15) is 16.8 Å². The zero-order chi connectivity index (χ0) is 13.1. The zero-order valence-corrected chi connectivity index (χ0v) is 12.5. The molecule has 1 aliphatic heterocycles. The van der Waals surface area contributed by atoms with Gasteiger partial charge in [0.2, 0.25) is 0 Å². The van der Waals surface area contributed by atoms with Crippen LogP contribution in [0.3, 0.4) is 0 Å². The van der Waals surface area contributed by atoms with Crippen molar-refractivity contribution < 1.29 is 9.90 Å². The number of carbonyl (C=O) groups is 1. The molecule has 1 aromatic carbocycles. The second-order valence-electron chi connectivity index (χ2n) is 4.63. The van der Waals surface area contributed by atoms with Gasteiger partial charge in [-0.25, -0.2) is 0 Å². The number of hydrogen-bond acceptors (Lipinski definition) is 3. The smallest absolute Gasteiger partial charge is 0.253 e. The van der Waals surface area contributed by atoms with Gasteiger partial charge in [0.25, 0.3) is 5.91 Å². The third-order valence-electron chi connectivity index (χ3n) is 3.26. The number of aromatic hydroxyl groups is 1. The second kappa shape index (κ2) is 5.88. The minimum atomic E-state index is 0.0142. The van der Waals surface area contributed by atoms with Crippen LogP contribution in [0.15, 0.2) is 18.2 Å². The Morgan fingerprint density at radius 1 is 1.61 bits per heavy atom. The fourth-order valence-electron chi connectivity index (χ4n) is 2.30. The van der Waals surface area contributed by atoms with Crippen LogP contribution < -0.4 is 5.32 Å². The van der Waals surface area contributed by atoms with E-state index in [1.54, 1.807) is 18.2 Å². The summed E-state index contributed by atoms with van der Waals surface area (Å²) >= 11 is 2.04. The Morgan fingerprint density at radius 2 is 2.39 bits per heavy atom. The van der Waals surface area contributed by atoms with Crippen molar-refractivity contribution in [2.75, 3.05) is 26.7 Å². The van der Waals surface area contributed by atoms with Crippen LogP contribution in [-0.2, 0) is 0 Å². The summed E-state index contributed by atoms with van der Waals surface area (Å²) in [5.41, 5.74) is 0.568. The highest BCUT2D eigenvalue weighted by Gasteiger charge is 2.26. The summed E-state index contributed by atoms with van der Waals surface area (Å²) in [4.78, 5) is 14.1. The Kier molecular flexibility index (Phi) is 4.45. The average Bonchev–Trinajstić information content (AvgIpc) is 2.81. The average molecular weight is 360 g/mol. The lowest BCUT2D eigenvalue weighted by molar-refractivity contribution is 0.0787. The number of benzene rings is 1. The Hall–Kier alpha value is -0.820. The Balaban J connectivity index is 2.05. The van der Waals surface area contributed by atoms with E-state index in [-0.39, 0.29) is 11.7 Å². The summed E-state index contributed by atoms with van der Waals surface area (Å²) in [5, 5.41) is 12.8. The molecule has 1 aromatic rings. The van der Waals surface area contributed by atoms with E-state index in [1.165, 1.54) is 0 Å². The van der Waals surface area contributed by atoms with Crippen molar-refractivity contribution in [2.24, 2.45) is 5.92 Å². The van der Waals surface area contributed by atoms with E-state index in [4.69, 9.17) is 0 Å². The number of halogens is 1. The number of hydrogen-bond donors (Lipinski definition) is 2. The maximum absolute atomic E-state index is 12.3. The molecule has 5 heteroatoms. The lowest BCUT2D eigenvalue weighted by atomic mass is 10.1. The minimum Gasteiger partial charge on any atom is -0.507 e. The van der Waals surface area contributed by atoms with E-state index < -0.39 is 0 Å². The van der Waals surface area contributed by atoms with E-state index in [1.807, 2.05) is 34.5 Å². The van der Waals surface area contributed by atoms with Gasteiger partial charge >= 0.3 is 0 Å². The van der Waals surface area contributed by atoms with E-state index >= 15 is 0 Å². The summed E-state index contributed by atoms with van der Waals surface area (Å²) in [6.45, 7) is 2.55. The third kappa shape index (κ3) is 2.95. The molecule has 1 aliphatic rings. The van der Waals surface area contributed by atoms with Gasteiger partial charge in [-0.3, -0.25) is 4.79 Å². The molecular formula is C13H17IN2O2. The summed E-state index contributed by atoms with van der Waals surface area (Å²) in [6, 6.07) is 5.09. The van der Waals surface area contributed by atoms with Crippen LogP contribution in [-0.4, -0.2) is 42.6 Å². The summed E-state index contributed by atoms with van der Waals surface area (Å²) in [5.74, 6) is 0.726. The molecule has 1 atom stereocenters. The van der Waals surface area contributed by atoms with E-state index in [0.29, 0.717) is 11.5 Å². The standard InChI is InChI=1S/C13H17IN2O2/c1-15-7-9-4-5-16(8-9)13(18)10-2-3-11(14)12(17)6-10/h2-3,6,9,15,17H,4-5,7-8H2,1H3. The van der Waals surface area contributed by atoms with E-state index in [2.05, 4.69) is 5.32 Å². The van der Waals surface area contributed by atoms with Gasteiger partial charge in [0.15, 0.2) is 0 Å². The number of phenolic OH excluding ortho intramolecular Hbond substituents is 1. The van der Waals surface area contributed by atoms with Crippen molar-refractivity contribution in [3.05, 3.63) is 27.3 Å². The molecule has 1 fully saturated rings. The molecule has 0 aliphatic carbocycles. The van der Waals surface area contributed by atoms with Crippen LogP contribution in [0.4, 0.5) is 0 Å². The fourth-order valence-corrected chi connectivity index (χ4v) is 2.64. The molecule has 4 nitrogen and oxygen atoms in total. The zero-order valence-electron chi connectivity index (χ0n) is 10.3. The van der Waals surface area contributed by atoms with Gasteiger partial charge in [-0.15, -0.1) is 0 Å². The highest BCUT2D eigenvalue weighted by molar-refractivity contribution is 14.1. The predicted octanol–water partition coefficient (Wildman–Crippen LogP) is 1.68. The molecule has 18 heavy (non-hydrogen) atoms. The molecule has 0 saturated carbocycles. The fraction of sp³-hybridized carbons (Fsp3) is 0.462. The quantitative estimate of drug-likeness (QED) is 0.807. The highest BCUT2D eigenvalue weighted by atomic mass is 127. The van der Waals surface area contributed by atoms with Gasteiger partial charge < -0.3 is 15.3 Å². The van der Waals surface area contributed by atoms with Crippen molar-refractivity contribution in [3.8, 4) is 5.75 Å². The topological polar surface area (TPSA) is 52.6 Å². The van der Waals surface area contributed by atoms with E-state index in [0.717, 1.165) is 29.6 Å². The second-order valence-corrected chi connectivity index (χ2v) is 5.79. The van der Waals surface area contributed by atoms with Gasteiger partial charge in [-0.1, -0.05) is 0 Å². The minimum absolute atomic E-state index is 0.0142. The van der Waals surface area contributed by atoms with Gasteiger partial charge in [0.05, 0.1) is 3.57 Å². The molecule has 1 heterocycles. The first-order valence-corrected chi connectivity index (χ1v) is 7.12. The Labute approximate surface area is 121 Å². The van der Waals surface area contributed by atoms with Crippen LogP contribution in [0, 0.1) is 9.49 Å². The number of nitrogens with one attached hydrogen (secondary N) is 1. The molecule has 2 N–H and O–H groups in total. The molecule has 98 valence electrons. The molecule has 1 unspecified atom stereocenters. The van der Waals surface area contributed by atoms with Crippen molar-refractivity contribution in [1.82, 2.24) is 10.2 Å². The summed E-state index contributed by atoms with van der Waals surface area (Å²) in [6.07, 6.45) is 1.04. The SMILES string of the molecule is CNCC1CCN(C(=O)c2ccc(I)c(O)c2)C1. The van der Waals surface area contributed by atoms with Gasteiger partial charge in [-0.2, -0.15) is 0 Å². The number of amides is 1. The lowest BCUT2D eigenvalue weighted by Crippen LogP contribution is -2.30. The maximum Gasteiger partial charge on any atom is 0.253 e. The third-order valence-corrected chi connectivity index (χ3v) is 4.17. The van der Waals surface area contributed by atoms with Crippen molar-refractivity contribution in [3.63, 3.8) is 0 Å². The Morgan fingerprint density at radius 3 is 3.06 bits per heavy atom. The van der Waals surface area contributed by atoms with Crippen molar-refractivity contribution in [1.29, 1.82) is 0 Å². The highest BCUT2D eigenvalue weighted by Crippen LogP contribution is 2.23. The van der Waals surface area contributed by atoms with Crippen molar-refractivity contribution in [2.45, 2.75) is 6.42 Å². The maximum atomic E-state index is 12.3.